The van der Waals surface area contributed by atoms with Gasteiger partial charge in [-0.1, -0.05) is 0 Å². The largest absolute Gasteiger partial charge is 0.480 e. The van der Waals surface area contributed by atoms with E-state index in [1.807, 2.05) is 18.4 Å². The van der Waals surface area contributed by atoms with E-state index in [1.54, 1.807) is 16.2 Å². The van der Waals surface area contributed by atoms with Gasteiger partial charge in [0.25, 0.3) is 0 Å². The molecule has 1 aromatic heterocycles. The van der Waals surface area contributed by atoms with Gasteiger partial charge < -0.3 is 20.4 Å². The Morgan fingerprint density at radius 3 is 3.00 bits per heavy atom. The lowest BCUT2D eigenvalue weighted by Gasteiger charge is -2.34. The van der Waals surface area contributed by atoms with Gasteiger partial charge in [0, 0.05) is 11.4 Å². The minimum Gasteiger partial charge on any atom is -0.480 e. The summed E-state index contributed by atoms with van der Waals surface area (Å²) >= 11 is 1.67. The van der Waals surface area contributed by atoms with Crippen LogP contribution in [0.15, 0.2) is 11.4 Å². The molecule has 1 unspecified atom stereocenters. The summed E-state index contributed by atoms with van der Waals surface area (Å²) in [6.45, 7) is 1.85. The van der Waals surface area contributed by atoms with Crippen LogP contribution in [0.5, 0.6) is 0 Å². The molecular weight excluding hydrogens is 268 g/mol. The molecule has 0 spiro atoms. The highest BCUT2D eigenvalue weighted by Crippen LogP contribution is 2.32. The van der Waals surface area contributed by atoms with Crippen molar-refractivity contribution in [3.63, 3.8) is 0 Å². The quantitative estimate of drug-likeness (QED) is 0.766. The van der Waals surface area contributed by atoms with Crippen LogP contribution in [-0.4, -0.2) is 46.3 Å². The summed E-state index contributed by atoms with van der Waals surface area (Å²) in [5.74, 6) is -1.24. The van der Waals surface area contributed by atoms with Crippen molar-refractivity contribution >= 4 is 23.3 Å². The van der Waals surface area contributed by atoms with Gasteiger partial charge in [-0.25, -0.2) is 9.59 Å². The highest BCUT2D eigenvalue weighted by Gasteiger charge is 2.30. The third-order valence-corrected chi connectivity index (χ3v) is 4.31. The van der Waals surface area contributed by atoms with Crippen LogP contribution in [0.2, 0.25) is 0 Å². The number of thiophene rings is 1. The van der Waals surface area contributed by atoms with Crippen molar-refractivity contribution in [2.75, 3.05) is 13.2 Å². The molecule has 0 radical (unpaired) electrons. The Labute approximate surface area is 114 Å². The van der Waals surface area contributed by atoms with Crippen molar-refractivity contribution in [3.05, 3.63) is 21.9 Å². The molecule has 104 valence electrons. The first-order chi connectivity index (χ1) is 9.04. The number of aliphatic carboxylic acids is 1. The third kappa shape index (κ3) is 2.71. The lowest BCUT2D eigenvalue weighted by atomic mass is 10.0. The van der Waals surface area contributed by atoms with E-state index in [4.69, 9.17) is 10.2 Å². The number of hydrogen-bond donors (Lipinski definition) is 3. The number of aliphatic hydroxyl groups excluding tert-OH is 1. The fourth-order valence-corrected chi connectivity index (χ4v) is 3.17. The van der Waals surface area contributed by atoms with Crippen LogP contribution in [0, 0.1) is 0 Å². The average Bonchev–Trinajstić information content (AvgIpc) is 2.84. The minimum atomic E-state index is -1.26. The molecule has 0 saturated carbocycles. The zero-order valence-corrected chi connectivity index (χ0v) is 11.3. The number of carbonyl (C=O) groups is 2. The number of urea groups is 1. The van der Waals surface area contributed by atoms with Gasteiger partial charge in [0.1, 0.15) is 0 Å². The lowest BCUT2D eigenvalue weighted by molar-refractivity contribution is -0.140. The molecule has 1 aromatic rings. The van der Waals surface area contributed by atoms with Crippen molar-refractivity contribution < 1.29 is 19.8 Å². The number of nitrogens with one attached hydrogen (secondary N) is 1. The van der Waals surface area contributed by atoms with E-state index in [1.165, 1.54) is 4.88 Å². The van der Waals surface area contributed by atoms with Crippen molar-refractivity contribution in [2.24, 2.45) is 0 Å². The summed E-state index contributed by atoms with van der Waals surface area (Å²) in [4.78, 5) is 25.7. The zero-order valence-electron chi connectivity index (χ0n) is 10.5. The SMILES string of the molecule is CC1c2ccsc2CCN1C(=O)N[C@@H](CO)C(=O)O. The van der Waals surface area contributed by atoms with Crippen molar-refractivity contribution in [3.8, 4) is 0 Å². The molecule has 1 aliphatic rings. The maximum atomic E-state index is 12.1. The fraction of sp³-hybridized carbons (Fsp3) is 0.500. The van der Waals surface area contributed by atoms with Gasteiger partial charge in [-0.05, 0) is 30.4 Å². The Morgan fingerprint density at radius 1 is 1.63 bits per heavy atom. The Kier molecular flexibility index (Phi) is 4.06. The summed E-state index contributed by atoms with van der Waals surface area (Å²) < 4.78 is 0. The number of aliphatic hydroxyl groups is 1. The number of hydrogen-bond acceptors (Lipinski definition) is 4. The lowest BCUT2D eigenvalue weighted by Crippen LogP contribution is -2.51. The molecule has 0 fully saturated rings. The second-order valence-electron chi connectivity index (χ2n) is 4.44. The van der Waals surface area contributed by atoms with Crippen LogP contribution in [0.1, 0.15) is 23.4 Å². The second kappa shape index (κ2) is 5.58. The number of carboxylic acid groups (broad SMARTS) is 1. The number of amides is 2. The number of nitrogens with zero attached hydrogens (tertiary/aromatic N) is 1. The Hall–Kier alpha value is -1.60. The number of rotatable bonds is 3. The normalized spacial score (nSPS) is 19.7. The molecule has 2 rings (SSSR count). The van der Waals surface area contributed by atoms with Crippen molar-refractivity contribution in [1.82, 2.24) is 10.2 Å². The first kappa shape index (κ1) is 13.8. The molecule has 0 saturated heterocycles. The molecule has 19 heavy (non-hydrogen) atoms. The molecule has 0 aromatic carbocycles. The second-order valence-corrected chi connectivity index (χ2v) is 5.44. The van der Waals surface area contributed by atoms with Crippen LogP contribution in [0.25, 0.3) is 0 Å². The van der Waals surface area contributed by atoms with E-state index < -0.39 is 24.6 Å². The molecule has 0 bridgehead atoms. The first-order valence-electron chi connectivity index (χ1n) is 6.01. The molecule has 2 heterocycles. The summed E-state index contributed by atoms with van der Waals surface area (Å²) in [6, 6.07) is 0.197. The maximum Gasteiger partial charge on any atom is 0.328 e. The molecule has 7 heteroatoms. The monoisotopic (exact) mass is 284 g/mol. The number of fused-ring (bicyclic) bond motifs is 1. The number of carbonyl (C=O) groups excluding carboxylic acids is 1. The van der Waals surface area contributed by atoms with E-state index >= 15 is 0 Å². The van der Waals surface area contributed by atoms with Crippen molar-refractivity contribution in [2.45, 2.75) is 25.4 Å². The Morgan fingerprint density at radius 2 is 2.37 bits per heavy atom. The van der Waals surface area contributed by atoms with Gasteiger partial charge in [0.2, 0.25) is 0 Å². The van der Waals surface area contributed by atoms with E-state index in [0.29, 0.717) is 6.54 Å². The molecule has 1 aliphatic heterocycles. The van der Waals surface area contributed by atoms with E-state index in [2.05, 4.69) is 5.32 Å². The Balaban J connectivity index is 2.07. The van der Waals surface area contributed by atoms with Gasteiger partial charge in [-0.15, -0.1) is 11.3 Å². The van der Waals surface area contributed by atoms with Crippen LogP contribution in [-0.2, 0) is 11.2 Å². The molecule has 3 N–H and O–H groups in total. The molecule has 2 amide bonds. The summed E-state index contributed by atoms with van der Waals surface area (Å²) in [7, 11) is 0. The highest BCUT2D eigenvalue weighted by molar-refractivity contribution is 7.10. The molecule has 6 nitrogen and oxygen atoms in total. The van der Waals surface area contributed by atoms with Gasteiger partial charge in [0.15, 0.2) is 6.04 Å². The predicted molar refractivity (Wildman–Crippen MR) is 70.2 cm³/mol. The maximum absolute atomic E-state index is 12.1. The van der Waals surface area contributed by atoms with Gasteiger partial charge >= 0.3 is 12.0 Å². The van der Waals surface area contributed by atoms with Crippen LogP contribution in [0.4, 0.5) is 4.79 Å². The molecule has 2 atom stereocenters. The van der Waals surface area contributed by atoms with Crippen LogP contribution >= 0.6 is 11.3 Å². The number of carboxylic acids is 1. The third-order valence-electron chi connectivity index (χ3n) is 3.32. The standard InChI is InChI=1S/C12H16N2O4S/c1-7-8-3-5-19-10(8)2-4-14(7)12(18)13-9(6-15)11(16)17/h3,5,7,9,15H,2,4,6H2,1H3,(H,13,18)(H,16,17)/t7?,9-/m0/s1. The fourth-order valence-electron chi connectivity index (χ4n) is 2.20. The van der Waals surface area contributed by atoms with Gasteiger partial charge in [-0.2, -0.15) is 0 Å². The molecular formula is C12H16N2O4S. The van der Waals surface area contributed by atoms with E-state index in [9.17, 15) is 9.59 Å². The average molecular weight is 284 g/mol. The van der Waals surface area contributed by atoms with E-state index in [0.717, 1.165) is 12.0 Å². The first-order valence-corrected chi connectivity index (χ1v) is 6.89. The van der Waals surface area contributed by atoms with E-state index in [-0.39, 0.29) is 6.04 Å². The highest BCUT2D eigenvalue weighted by atomic mass is 32.1. The zero-order chi connectivity index (χ0) is 14.0. The smallest absolute Gasteiger partial charge is 0.328 e. The Bertz CT molecular complexity index is 488. The summed E-state index contributed by atoms with van der Waals surface area (Å²) in [5.41, 5.74) is 1.11. The predicted octanol–water partition coefficient (Wildman–Crippen LogP) is 0.822. The van der Waals surface area contributed by atoms with Gasteiger partial charge in [0.05, 0.1) is 12.6 Å². The minimum absolute atomic E-state index is 0.0804. The molecule has 0 aliphatic carbocycles. The summed E-state index contributed by atoms with van der Waals surface area (Å²) in [6.07, 6.45) is 0.779. The van der Waals surface area contributed by atoms with Gasteiger partial charge in [-0.3, -0.25) is 0 Å². The topological polar surface area (TPSA) is 89.9 Å². The van der Waals surface area contributed by atoms with Crippen LogP contribution < -0.4 is 5.32 Å². The van der Waals surface area contributed by atoms with Crippen molar-refractivity contribution in [1.29, 1.82) is 0 Å². The van der Waals surface area contributed by atoms with Crippen LogP contribution in [0.3, 0.4) is 0 Å². The summed E-state index contributed by atoms with van der Waals surface area (Å²) in [5, 5.41) is 22.1.